The van der Waals surface area contributed by atoms with Crippen LogP contribution in [-0.2, 0) is 4.79 Å². The maximum absolute atomic E-state index is 10.8. The standard InChI is InChI=1S/C9H9NO3/c1-2-9(12)13-8-5-6(10)3-4-7(8)11/h2-5,11H,1,10H2. The lowest BCUT2D eigenvalue weighted by Gasteiger charge is -2.04. The van der Waals surface area contributed by atoms with Crippen molar-refractivity contribution in [1.29, 1.82) is 0 Å². The van der Waals surface area contributed by atoms with Gasteiger partial charge in [-0.05, 0) is 12.1 Å². The van der Waals surface area contributed by atoms with Crippen molar-refractivity contribution in [3.63, 3.8) is 0 Å². The van der Waals surface area contributed by atoms with Gasteiger partial charge in [0.05, 0.1) is 0 Å². The van der Waals surface area contributed by atoms with E-state index in [4.69, 9.17) is 5.73 Å². The maximum atomic E-state index is 10.8. The van der Waals surface area contributed by atoms with Crippen LogP contribution in [0.25, 0.3) is 0 Å². The van der Waals surface area contributed by atoms with E-state index in [0.717, 1.165) is 6.08 Å². The summed E-state index contributed by atoms with van der Waals surface area (Å²) in [5, 5.41) is 9.21. The molecule has 13 heavy (non-hydrogen) atoms. The lowest BCUT2D eigenvalue weighted by Crippen LogP contribution is -2.03. The normalized spacial score (nSPS) is 9.23. The highest BCUT2D eigenvalue weighted by Gasteiger charge is 2.05. The molecule has 0 bridgehead atoms. The van der Waals surface area contributed by atoms with Crippen LogP contribution in [0.1, 0.15) is 0 Å². The first-order valence-electron chi connectivity index (χ1n) is 3.56. The van der Waals surface area contributed by atoms with Gasteiger partial charge in [-0.1, -0.05) is 6.58 Å². The van der Waals surface area contributed by atoms with Crippen molar-refractivity contribution in [2.24, 2.45) is 0 Å². The lowest BCUT2D eigenvalue weighted by atomic mass is 10.3. The summed E-state index contributed by atoms with van der Waals surface area (Å²) in [4.78, 5) is 10.8. The van der Waals surface area contributed by atoms with E-state index in [2.05, 4.69) is 11.3 Å². The number of hydrogen-bond donors (Lipinski definition) is 2. The zero-order valence-electron chi connectivity index (χ0n) is 6.86. The largest absolute Gasteiger partial charge is 0.504 e. The second-order valence-electron chi connectivity index (χ2n) is 2.35. The van der Waals surface area contributed by atoms with Crippen molar-refractivity contribution in [1.82, 2.24) is 0 Å². The molecule has 0 saturated carbocycles. The smallest absolute Gasteiger partial charge is 0.335 e. The van der Waals surface area contributed by atoms with Gasteiger partial charge in [0.15, 0.2) is 11.5 Å². The number of hydrogen-bond acceptors (Lipinski definition) is 4. The highest BCUT2D eigenvalue weighted by Crippen LogP contribution is 2.27. The van der Waals surface area contributed by atoms with Crippen LogP contribution in [0.4, 0.5) is 5.69 Å². The number of benzene rings is 1. The Balaban J connectivity index is 2.93. The molecule has 0 atom stereocenters. The molecule has 0 aliphatic carbocycles. The first-order chi connectivity index (χ1) is 6.13. The number of ether oxygens (including phenoxy) is 1. The number of phenolic OH excluding ortho intramolecular Hbond substituents is 1. The molecular weight excluding hydrogens is 170 g/mol. The maximum Gasteiger partial charge on any atom is 0.335 e. The zero-order valence-corrected chi connectivity index (χ0v) is 6.86. The van der Waals surface area contributed by atoms with Gasteiger partial charge in [-0.25, -0.2) is 4.79 Å². The van der Waals surface area contributed by atoms with Crippen LogP contribution in [-0.4, -0.2) is 11.1 Å². The van der Waals surface area contributed by atoms with Crippen LogP contribution >= 0.6 is 0 Å². The lowest BCUT2D eigenvalue weighted by molar-refractivity contribution is -0.129. The van der Waals surface area contributed by atoms with E-state index < -0.39 is 5.97 Å². The highest BCUT2D eigenvalue weighted by molar-refractivity contribution is 5.84. The molecule has 0 aromatic heterocycles. The summed E-state index contributed by atoms with van der Waals surface area (Å²) in [6, 6.07) is 4.21. The molecule has 0 heterocycles. The second-order valence-corrected chi connectivity index (χ2v) is 2.35. The molecule has 0 amide bonds. The SMILES string of the molecule is C=CC(=O)Oc1cc(N)ccc1O. The Bertz CT molecular complexity index is 347. The predicted molar refractivity (Wildman–Crippen MR) is 48.4 cm³/mol. The van der Waals surface area contributed by atoms with E-state index >= 15 is 0 Å². The van der Waals surface area contributed by atoms with E-state index in [1.54, 1.807) is 0 Å². The fraction of sp³-hybridized carbons (Fsp3) is 0. The molecule has 0 aliphatic heterocycles. The van der Waals surface area contributed by atoms with Crippen LogP contribution in [0.3, 0.4) is 0 Å². The Kier molecular flexibility index (Phi) is 2.54. The predicted octanol–water partition coefficient (Wildman–Crippen LogP) is 1.07. The summed E-state index contributed by atoms with van der Waals surface area (Å²) in [5.41, 5.74) is 5.82. The van der Waals surface area contributed by atoms with Gasteiger partial charge in [0, 0.05) is 17.8 Å². The topological polar surface area (TPSA) is 72.5 Å². The molecular formula is C9H9NO3. The number of carbonyl (C=O) groups is 1. The van der Waals surface area contributed by atoms with Gasteiger partial charge in [0.2, 0.25) is 0 Å². The highest BCUT2D eigenvalue weighted by atomic mass is 16.5. The molecule has 0 spiro atoms. The van der Waals surface area contributed by atoms with Crippen LogP contribution in [0, 0.1) is 0 Å². The van der Waals surface area contributed by atoms with E-state index in [1.165, 1.54) is 18.2 Å². The number of esters is 1. The summed E-state index contributed by atoms with van der Waals surface area (Å²) in [7, 11) is 0. The molecule has 0 radical (unpaired) electrons. The van der Waals surface area contributed by atoms with Crippen LogP contribution < -0.4 is 10.5 Å². The van der Waals surface area contributed by atoms with E-state index in [1.807, 2.05) is 0 Å². The fourth-order valence-corrected chi connectivity index (χ4v) is 0.763. The summed E-state index contributed by atoms with van der Waals surface area (Å²) >= 11 is 0. The number of aromatic hydroxyl groups is 1. The minimum Gasteiger partial charge on any atom is -0.504 e. The third-order valence-corrected chi connectivity index (χ3v) is 1.36. The molecule has 0 aliphatic rings. The van der Waals surface area contributed by atoms with Crippen molar-refractivity contribution in [3.05, 3.63) is 30.9 Å². The van der Waals surface area contributed by atoms with Crippen molar-refractivity contribution >= 4 is 11.7 Å². The molecule has 4 heteroatoms. The minimum atomic E-state index is -0.638. The Morgan fingerprint density at radius 3 is 2.92 bits per heavy atom. The monoisotopic (exact) mass is 179 g/mol. The molecule has 1 aromatic rings. The number of carbonyl (C=O) groups excluding carboxylic acids is 1. The van der Waals surface area contributed by atoms with Gasteiger partial charge in [-0.3, -0.25) is 0 Å². The average Bonchev–Trinajstić information content (AvgIpc) is 2.11. The number of anilines is 1. The summed E-state index contributed by atoms with van der Waals surface area (Å²) in [6.07, 6.45) is 1.00. The number of rotatable bonds is 2. The van der Waals surface area contributed by atoms with Gasteiger partial charge >= 0.3 is 5.97 Å². The molecule has 0 fully saturated rings. The van der Waals surface area contributed by atoms with Crippen molar-refractivity contribution < 1.29 is 14.6 Å². The van der Waals surface area contributed by atoms with E-state index in [9.17, 15) is 9.90 Å². The Morgan fingerprint density at radius 1 is 1.62 bits per heavy atom. The molecule has 3 N–H and O–H groups in total. The Labute approximate surface area is 75.2 Å². The Hall–Kier alpha value is -1.97. The van der Waals surface area contributed by atoms with Gasteiger partial charge in [0.25, 0.3) is 0 Å². The molecule has 68 valence electrons. The van der Waals surface area contributed by atoms with Crippen LogP contribution in [0.5, 0.6) is 11.5 Å². The third-order valence-electron chi connectivity index (χ3n) is 1.36. The minimum absolute atomic E-state index is 0.0323. The average molecular weight is 179 g/mol. The van der Waals surface area contributed by atoms with E-state index in [-0.39, 0.29) is 11.5 Å². The fourth-order valence-electron chi connectivity index (χ4n) is 0.763. The number of nitrogens with two attached hydrogens (primary N) is 1. The molecule has 0 saturated heterocycles. The van der Waals surface area contributed by atoms with Gasteiger partial charge < -0.3 is 15.6 Å². The van der Waals surface area contributed by atoms with Crippen LogP contribution in [0.2, 0.25) is 0 Å². The van der Waals surface area contributed by atoms with Gasteiger partial charge in [-0.2, -0.15) is 0 Å². The van der Waals surface area contributed by atoms with Crippen molar-refractivity contribution in [2.75, 3.05) is 5.73 Å². The molecule has 1 aromatic carbocycles. The summed E-state index contributed by atoms with van der Waals surface area (Å²) < 4.78 is 4.69. The molecule has 0 unspecified atom stereocenters. The first-order valence-corrected chi connectivity index (χ1v) is 3.56. The zero-order chi connectivity index (χ0) is 9.84. The number of nitrogen functional groups attached to an aromatic ring is 1. The number of phenols is 1. The summed E-state index contributed by atoms with van der Waals surface area (Å²) in [6.45, 7) is 3.22. The van der Waals surface area contributed by atoms with Gasteiger partial charge in [0.1, 0.15) is 0 Å². The first kappa shape index (κ1) is 9.12. The van der Waals surface area contributed by atoms with Crippen LogP contribution in [0.15, 0.2) is 30.9 Å². The summed E-state index contributed by atoms with van der Waals surface area (Å²) in [5.74, 6) is -0.741. The van der Waals surface area contributed by atoms with Gasteiger partial charge in [-0.15, -0.1) is 0 Å². The van der Waals surface area contributed by atoms with E-state index in [0.29, 0.717) is 5.69 Å². The second kappa shape index (κ2) is 3.62. The molecule has 1 rings (SSSR count). The van der Waals surface area contributed by atoms with Crippen molar-refractivity contribution in [3.8, 4) is 11.5 Å². The van der Waals surface area contributed by atoms with Crippen molar-refractivity contribution in [2.45, 2.75) is 0 Å². The molecule has 4 nitrogen and oxygen atoms in total. The Morgan fingerprint density at radius 2 is 2.31 bits per heavy atom. The quantitative estimate of drug-likeness (QED) is 0.234. The third kappa shape index (κ3) is 2.23.